The van der Waals surface area contributed by atoms with Crippen LogP contribution in [-0.2, 0) is 7.05 Å². The van der Waals surface area contributed by atoms with Gasteiger partial charge in [-0.2, -0.15) is 5.10 Å². The predicted molar refractivity (Wildman–Crippen MR) is 71.6 cm³/mol. The maximum absolute atomic E-state index is 6.12. The SMILES string of the molecule is Cc1nn(C)cc1-c1nc2c(Cl)cccn2c1N. The van der Waals surface area contributed by atoms with Gasteiger partial charge in [-0.15, -0.1) is 0 Å². The lowest BCUT2D eigenvalue weighted by Gasteiger charge is -1.97. The van der Waals surface area contributed by atoms with Crippen LogP contribution in [-0.4, -0.2) is 19.2 Å². The highest BCUT2D eigenvalue weighted by Crippen LogP contribution is 2.30. The Morgan fingerprint density at radius 1 is 1.39 bits per heavy atom. The third-order valence-corrected chi connectivity index (χ3v) is 3.20. The van der Waals surface area contributed by atoms with Gasteiger partial charge >= 0.3 is 0 Å². The predicted octanol–water partition coefficient (Wildman–Crippen LogP) is 2.28. The topological polar surface area (TPSA) is 61.1 Å². The summed E-state index contributed by atoms with van der Waals surface area (Å²) in [6.45, 7) is 1.93. The van der Waals surface area contributed by atoms with Crippen molar-refractivity contribution < 1.29 is 0 Å². The largest absolute Gasteiger partial charge is 0.383 e. The quantitative estimate of drug-likeness (QED) is 0.731. The molecule has 0 aliphatic carbocycles. The molecule has 2 N–H and O–H groups in total. The van der Waals surface area contributed by atoms with E-state index in [1.807, 2.05) is 32.4 Å². The van der Waals surface area contributed by atoms with E-state index < -0.39 is 0 Å². The molecule has 0 aliphatic heterocycles. The van der Waals surface area contributed by atoms with Crippen molar-refractivity contribution in [3.05, 3.63) is 35.2 Å². The normalized spacial score (nSPS) is 11.3. The number of hydrogen-bond donors (Lipinski definition) is 1. The number of pyridine rings is 1. The number of aromatic nitrogens is 4. The number of nitrogens with zero attached hydrogens (tertiary/aromatic N) is 4. The van der Waals surface area contributed by atoms with E-state index in [4.69, 9.17) is 17.3 Å². The molecule has 0 fully saturated rings. The average Bonchev–Trinajstić information content (AvgIpc) is 2.81. The summed E-state index contributed by atoms with van der Waals surface area (Å²) in [6.07, 6.45) is 3.75. The number of nitrogen functional groups attached to an aromatic ring is 1. The van der Waals surface area contributed by atoms with Gasteiger partial charge in [0.2, 0.25) is 0 Å². The molecule has 0 amide bonds. The molecule has 0 bridgehead atoms. The highest BCUT2D eigenvalue weighted by Gasteiger charge is 2.16. The first kappa shape index (κ1) is 11.1. The highest BCUT2D eigenvalue weighted by atomic mass is 35.5. The van der Waals surface area contributed by atoms with E-state index in [0.29, 0.717) is 22.2 Å². The Morgan fingerprint density at radius 3 is 2.78 bits per heavy atom. The summed E-state index contributed by atoms with van der Waals surface area (Å²) in [5, 5.41) is 4.88. The van der Waals surface area contributed by atoms with Crippen molar-refractivity contribution in [3.8, 4) is 11.3 Å². The molecule has 5 nitrogen and oxygen atoms in total. The molecule has 0 unspecified atom stereocenters. The molecule has 0 radical (unpaired) electrons. The minimum Gasteiger partial charge on any atom is -0.383 e. The van der Waals surface area contributed by atoms with Crippen molar-refractivity contribution in [2.45, 2.75) is 6.92 Å². The third kappa shape index (κ3) is 1.48. The summed E-state index contributed by atoms with van der Waals surface area (Å²) in [6, 6.07) is 3.64. The van der Waals surface area contributed by atoms with Crippen molar-refractivity contribution in [3.63, 3.8) is 0 Å². The van der Waals surface area contributed by atoms with Crippen molar-refractivity contribution in [2.75, 3.05) is 5.73 Å². The van der Waals surface area contributed by atoms with E-state index in [1.54, 1.807) is 15.1 Å². The standard InChI is InChI=1S/C12H12ClN5/c1-7-8(6-17(2)16-7)10-11(14)18-5-3-4-9(13)12(18)15-10/h3-6H,14H2,1-2H3. The molecule has 0 saturated carbocycles. The Labute approximate surface area is 109 Å². The number of hydrogen-bond acceptors (Lipinski definition) is 3. The maximum atomic E-state index is 6.12. The molecule has 3 rings (SSSR count). The van der Waals surface area contributed by atoms with Crippen LogP contribution in [0.5, 0.6) is 0 Å². The Morgan fingerprint density at radius 2 is 2.17 bits per heavy atom. The fraction of sp³-hybridized carbons (Fsp3) is 0.167. The molecule has 0 saturated heterocycles. The number of rotatable bonds is 1. The van der Waals surface area contributed by atoms with Crippen molar-refractivity contribution in [1.82, 2.24) is 19.2 Å². The van der Waals surface area contributed by atoms with Crippen LogP contribution < -0.4 is 5.73 Å². The molecule has 3 aromatic heterocycles. The van der Waals surface area contributed by atoms with Crippen LogP contribution in [0, 0.1) is 6.92 Å². The van der Waals surface area contributed by atoms with Crippen molar-refractivity contribution in [1.29, 1.82) is 0 Å². The first-order chi connectivity index (χ1) is 8.58. The van der Waals surface area contributed by atoms with Crippen LogP contribution in [0.4, 0.5) is 5.82 Å². The van der Waals surface area contributed by atoms with Gasteiger partial charge < -0.3 is 5.73 Å². The fourth-order valence-electron chi connectivity index (χ4n) is 2.08. The second-order valence-electron chi connectivity index (χ2n) is 4.20. The number of aryl methyl sites for hydroxylation is 2. The highest BCUT2D eigenvalue weighted by molar-refractivity contribution is 6.33. The van der Waals surface area contributed by atoms with Crippen LogP contribution in [0.15, 0.2) is 24.5 Å². The Bertz CT molecular complexity index is 740. The summed E-state index contributed by atoms with van der Waals surface area (Å²) >= 11 is 6.12. The smallest absolute Gasteiger partial charge is 0.157 e. The lowest BCUT2D eigenvalue weighted by atomic mass is 10.2. The number of imidazole rings is 1. The van der Waals surface area contributed by atoms with Gasteiger partial charge in [-0.3, -0.25) is 9.08 Å². The maximum Gasteiger partial charge on any atom is 0.157 e. The van der Waals surface area contributed by atoms with Gasteiger partial charge in [0.15, 0.2) is 5.65 Å². The average molecular weight is 262 g/mol. The van der Waals surface area contributed by atoms with E-state index in [1.165, 1.54) is 0 Å². The lowest BCUT2D eigenvalue weighted by Crippen LogP contribution is -1.93. The first-order valence-electron chi connectivity index (χ1n) is 5.50. The molecule has 92 valence electrons. The number of fused-ring (bicyclic) bond motifs is 1. The van der Waals surface area contributed by atoms with Gasteiger partial charge in [0.1, 0.15) is 11.5 Å². The van der Waals surface area contributed by atoms with Gasteiger partial charge in [-0.25, -0.2) is 4.98 Å². The van der Waals surface area contributed by atoms with E-state index in [0.717, 1.165) is 11.3 Å². The second-order valence-corrected chi connectivity index (χ2v) is 4.60. The Balaban J connectivity index is 2.34. The van der Waals surface area contributed by atoms with E-state index in [2.05, 4.69) is 10.1 Å². The molecule has 0 atom stereocenters. The summed E-state index contributed by atoms with van der Waals surface area (Å²) in [5.41, 5.74) is 9.32. The number of anilines is 1. The molecule has 0 aliphatic rings. The second kappa shape index (κ2) is 3.74. The van der Waals surface area contributed by atoms with E-state index in [-0.39, 0.29) is 0 Å². The van der Waals surface area contributed by atoms with Crippen molar-refractivity contribution in [2.24, 2.45) is 7.05 Å². The fourth-order valence-corrected chi connectivity index (χ4v) is 2.29. The number of nitrogens with two attached hydrogens (primary N) is 1. The van der Waals surface area contributed by atoms with Gasteiger partial charge in [0, 0.05) is 25.0 Å². The zero-order chi connectivity index (χ0) is 12.9. The summed E-state index contributed by atoms with van der Waals surface area (Å²) in [5.74, 6) is 0.573. The molecule has 6 heteroatoms. The molecule has 3 heterocycles. The monoisotopic (exact) mass is 261 g/mol. The zero-order valence-electron chi connectivity index (χ0n) is 10.1. The van der Waals surface area contributed by atoms with Gasteiger partial charge in [0.25, 0.3) is 0 Å². The van der Waals surface area contributed by atoms with E-state index >= 15 is 0 Å². The van der Waals surface area contributed by atoms with Crippen LogP contribution in [0.3, 0.4) is 0 Å². The molecular weight excluding hydrogens is 250 g/mol. The van der Waals surface area contributed by atoms with Gasteiger partial charge in [-0.1, -0.05) is 11.6 Å². The Hall–Kier alpha value is -2.01. The van der Waals surface area contributed by atoms with E-state index in [9.17, 15) is 0 Å². The van der Waals surface area contributed by atoms with Gasteiger partial charge in [0.05, 0.1) is 10.7 Å². The summed E-state index contributed by atoms with van der Waals surface area (Å²) < 4.78 is 3.53. The molecule has 0 spiro atoms. The minimum atomic E-state index is 0.573. The minimum absolute atomic E-state index is 0.573. The van der Waals surface area contributed by atoms with Crippen LogP contribution in [0.1, 0.15) is 5.69 Å². The third-order valence-electron chi connectivity index (χ3n) is 2.91. The number of halogens is 1. The zero-order valence-corrected chi connectivity index (χ0v) is 10.8. The molecule has 3 aromatic rings. The molecule has 0 aromatic carbocycles. The summed E-state index contributed by atoms with van der Waals surface area (Å²) in [7, 11) is 1.87. The van der Waals surface area contributed by atoms with Crippen molar-refractivity contribution >= 4 is 23.1 Å². The molecular formula is C12H12ClN5. The lowest BCUT2D eigenvalue weighted by molar-refractivity contribution is 0.756. The van der Waals surface area contributed by atoms with Crippen LogP contribution in [0.2, 0.25) is 5.02 Å². The molecule has 18 heavy (non-hydrogen) atoms. The summed E-state index contributed by atoms with van der Waals surface area (Å²) in [4.78, 5) is 4.51. The first-order valence-corrected chi connectivity index (χ1v) is 5.88. The Kier molecular flexibility index (Phi) is 2.31. The van der Waals surface area contributed by atoms with Crippen LogP contribution in [0.25, 0.3) is 16.9 Å². The van der Waals surface area contributed by atoms with Crippen LogP contribution >= 0.6 is 11.6 Å². The van der Waals surface area contributed by atoms with Gasteiger partial charge in [-0.05, 0) is 19.1 Å².